The average molecular weight is 257 g/mol. The van der Waals surface area contributed by atoms with Crippen LogP contribution < -0.4 is 5.73 Å². The Hall–Kier alpha value is -1.67. The molecule has 2 heterocycles. The maximum Gasteiger partial charge on any atom is 0.293 e. The van der Waals surface area contributed by atoms with Gasteiger partial charge in [0.15, 0.2) is 21.4 Å². The van der Waals surface area contributed by atoms with Crippen molar-refractivity contribution in [2.75, 3.05) is 6.26 Å². The van der Waals surface area contributed by atoms with E-state index in [-0.39, 0.29) is 24.0 Å². The summed E-state index contributed by atoms with van der Waals surface area (Å²) in [6.45, 7) is 0.268. The normalized spacial score (nSPS) is 11.9. The summed E-state index contributed by atoms with van der Waals surface area (Å²) in [7, 11) is -3.18. The first-order valence-corrected chi connectivity index (χ1v) is 6.83. The van der Waals surface area contributed by atoms with Gasteiger partial charge < -0.3 is 14.7 Å². The van der Waals surface area contributed by atoms with Gasteiger partial charge in [0, 0.05) is 6.26 Å². The lowest BCUT2D eigenvalue weighted by Gasteiger charge is -1.89. The van der Waals surface area contributed by atoms with Crippen LogP contribution >= 0.6 is 0 Å². The topological polar surface area (TPSA) is 112 Å². The molecule has 0 aliphatic carbocycles. The molecule has 0 amide bonds. The maximum absolute atomic E-state index is 11.0. The standard InChI is InChI=1S/C9H11N3O4S/c1-17(13,14)5-8-11-9(16-12-8)7-3-2-6(4-10)15-7/h2-3H,4-5,10H2,1H3. The number of nitrogens with two attached hydrogens (primary N) is 1. The molecule has 0 spiro atoms. The van der Waals surface area contributed by atoms with Crippen LogP contribution in [0.5, 0.6) is 0 Å². The van der Waals surface area contributed by atoms with Crippen LogP contribution in [-0.2, 0) is 22.1 Å². The van der Waals surface area contributed by atoms with Gasteiger partial charge in [0.1, 0.15) is 11.5 Å². The Morgan fingerprint density at radius 2 is 2.18 bits per heavy atom. The predicted molar refractivity (Wildman–Crippen MR) is 58.4 cm³/mol. The van der Waals surface area contributed by atoms with Crippen molar-refractivity contribution >= 4 is 9.84 Å². The zero-order valence-corrected chi connectivity index (χ0v) is 9.90. The minimum absolute atomic E-state index is 0.105. The Morgan fingerprint density at radius 1 is 1.41 bits per heavy atom. The first kappa shape index (κ1) is 11.8. The summed E-state index contributed by atoms with van der Waals surface area (Å²) < 4.78 is 32.3. The van der Waals surface area contributed by atoms with Gasteiger partial charge in [0.2, 0.25) is 0 Å². The van der Waals surface area contributed by atoms with Crippen molar-refractivity contribution in [3.63, 3.8) is 0 Å². The SMILES string of the molecule is CS(=O)(=O)Cc1noc(-c2ccc(CN)o2)n1. The fraction of sp³-hybridized carbons (Fsp3) is 0.333. The van der Waals surface area contributed by atoms with Gasteiger partial charge in [-0.15, -0.1) is 0 Å². The lowest BCUT2D eigenvalue weighted by atomic mass is 10.4. The van der Waals surface area contributed by atoms with E-state index in [9.17, 15) is 8.42 Å². The maximum atomic E-state index is 11.0. The number of hydrogen-bond acceptors (Lipinski definition) is 7. The summed E-state index contributed by atoms with van der Waals surface area (Å²) in [6.07, 6.45) is 1.10. The zero-order chi connectivity index (χ0) is 12.5. The summed E-state index contributed by atoms with van der Waals surface area (Å²) in [4.78, 5) is 3.92. The van der Waals surface area contributed by atoms with Crippen molar-refractivity contribution < 1.29 is 17.4 Å². The molecule has 2 N–H and O–H groups in total. The Labute approximate surface area is 97.5 Å². The Balaban J connectivity index is 2.23. The van der Waals surface area contributed by atoms with Crippen LogP contribution in [-0.4, -0.2) is 24.8 Å². The highest BCUT2D eigenvalue weighted by atomic mass is 32.2. The molecule has 2 rings (SSSR count). The van der Waals surface area contributed by atoms with E-state index in [1.54, 1.807) is 12.1 Å². The number of aromatic nitrogens is 2. The van der Waals surface area contributed by atoms with Crippen molar-refractivity contribution in [3.8, 4) is 11.7 Å². The highest BCUT2D eigenvalue weighted by Crippen LogP contribution is 2.20. The number of sulfone groups is 1. The van der Waals surface area contributed by atoms with Gasteiger partial charge in [-0.3, -0.25) is 0 Å². The van der Waals surface area contributed by atoms with Crippen LogP contribution in [0, 0.1) is 0 Å². The van der Waals surface area contributed by atoms with Crippen molar-refractivity contribution in [1.29, 1.82) is 0 Å². The molecule has 2 aromatic heterocycles. The van der Waals surface area contributed by atoms with Crippen LogP contribution in [0.3, 0.4) is 0 Å². The van der Waals surface area contributed by atoms with E-state index in [2.05, 4.69) is 10.1 Å². The third kappa shape index (κ3) is 2.92. The molecule has 0 fully saturated rings. The molecule has 0 bridgehead atoms. The molecule has 7 nitrogen and oxygen atoms in total. The van der Waals surface area contributed by atoms with Crippen LogP contribution in [0.4, 0.5) is 0 Å². The third-order valence-electron chi connectivity index (χ3n) is 1.93. The molecule has 0 aromatic carbocycles. The molecule has 8 heteroatoms. The van der Waals surface area contributed by atoms with Crippen molar-refractivity contribution in [3.05, 3.63) is 23.7 Å². The molecular formula is C9H11N3O4S. The van der Waals surface area contributed by atoms with Gasteiger partial charge in [0.25, 0.3) is 5.89 Å². The van der Waals surface area contributed by atoms with E-state index in [0.29, 0.717) is 11.5 Å². The van der Waals surface area contributed by atoms with Gasteiger partial charge in [-0.2, -0.15) is 4.98 Å². The summed E-state index contributed by atoms with van der Waals surface area (Å²) in [5.41, 5.74) is 5.39. The highest BCUT2D eigenvalue weighted by Gasteiger charge is 2.15. The fourth-order valence-electron chi connectivity index (χ4n) is 1.25. The van der Waals surface area contributed by atoms with Gasteiger partial charge in [-0.1, -0.05) is 5.16 Å². The number of hydrogen-bond donors (Lipinski definition) is 1. The van der Waals surface area contributed by atoms with E-state index < -0.39 is 9.84 Å². The van der Waals surface area contributed by atoms with E-state index >= 15 is 0 Å². The molecular weight excluding hydrogens is 246 g/mol. The summed E-state index contributed by atoms with van der Waals surface area (Å²) in [5.74, 6) is 0.943. The molecule has 0 saturated carbocycles. The monoisotopic (exact) mass is 257 g/mol. The fourth-order valence-corrected chi connectivity index (χ4v) is 1.84. The van der Waals surface area contributed by atoms with E-state index in [1.807, 2.05) is 0 Å². The van der Waals surface area contributed by atoms with Gasteiger partial charge in [-0.05, 0) is 12.1 Å². The van der Waals surface area contributed by atoms with Gasteiger partial charge >= 0.3 is 0 Å². The number of nitrogens with zero attached hydrogens (tertiary/aromatic N) is 2. The summed E-state index contributed by atoms with van der Waals surface area (Å²) in [6, 6.07) is 3.33. The minimum atomic E-state index is -3.18. The molecule has 17 heavy (non-hydrogen) atoms. The third-order valence-corrected chi connectivity index (χ3v) is 2.72. The van der Waals surface area contributed by atoms with E-state index in [1.165, 1.54) is 0 Å². The lowest BCUT2D eigenvalue weighted by Crippen LogP contribution is -2.02. The second-order valence-corrected chi connectivity index (χ2v) is 5.70. The molecule has 0 aliphatic heterocycles. The average Bonchev–Trinajstić information content (AvgIpc) is 2.82. The first-order valence-electron chi connectivity index (χ1n) is 4.77. The van der Waals surface area contributed by atoms with Crippen LogP contribution in [0.15, 0.2) is 21.1 Å². The van der Waals surface area contributed by atoms with Crippen molar-refractivity contribution in [2.24, 2.45) is 5.73 Å². The Kier molecular flexibility index (Phi) is 2.99. The van der Waals surface area contributed by atoms with E-state index in [0.717, 1.165) is 6.26 Å². The molecule has 92 valence electrons. The minimum Gasteiger partial charge on any atom is -0.455 e. The van der Waals surface area contributed by atoms with Gasteiger partial charge in [-0.25, -0.2) is 8.42 Å². The van der Waals surface area contributed by atoms with Crippen molar-refractivity contribution in [1.82, 2.24) is 10.1 Å². The second-order valence-electron chi connectivity index (χ2n) is 3.56. The highest BCUT2D eigenvalue weighted by molar-refractivity contribution is 7.89. The van der Waals surface area contributed by atoms with Crippen LogP contribution in [0.1, 0.15) is 11.6 Å². The molecule has 2 aromatic rings. The molecule has 0 saturated heterocycles. The first-order chi connectivity index (χ1) is 7.98. The summed E-state index contributed by atoms with van der Waals surface area (Å²) >= 11 is 0. The van der Waals surface area contributed by atoms with E-state index in [4.69, 9.17) is 14.7 Å². The van der Waals surface area contributed by atoms with Crippen LogP contribution in [0.25, 0.3) is 11.7 Å². The zero-order valence-electron chi connectivity index (χ0n) is 9.08. The van der Waals surface area contributed by atoms with Crippen molar-refractivity contribution in [2.45, 2.75) is 12.3 Å². The molecule has 0 unspecified atom stereocenters. The number of furan rings is 1. The second kappa shape index (κ2) is 4.30. The molecule has 0 radical (unpaired) electrons. The summed E-state index contributed by atoms with van der Waals surface area (Å²) in [5, 5.41) is 3.56. The number of rotatable bonds is 4. The Morgan fingerprint density at radius 3 is 2.76 bits per heavy atom. The lowest BCUT2D eigenvalue weighted by molar-refractivity contribution is 0.406. The quantitative estimate of drug-likeness (QED) is 0.839. The molecule has 0 aliphatic rings. The molecule has 0 atom stereocenters. The Bertz CT molecular complexity index is 614. The smallest absolute Gasteiger partial charge is 0.293 e. The van der Waals surface area contributed by atoms with Gasteiger partial charge in [0.05, 0.1) is 6.54 Å². The largest absolute Gasteiger partial charge is 0.455 e. The van der Waals surface area contributed by atoms with Crippen LogP contribution in [0.2, 0.25) is 0 Å². The predicted octanol–water partition coefficient (Wildman–Crippen LogP) is 0.333.